The van der Waals surface area contributed by atoms with Gasteiger partial charge < -0.3 is 5.32 Å². The molecule has 1 aliphatic carbocycles. The van der Waals surface area contributed by atoms with E-state index >= 15 is 0 Å². The number of nitrogens with one attached hydrogen (secondary N) is 1. The average molecular weight is 244 g/mol. The minimum absolute atomic E-state index is 0.0210. The molecule has 0 aromatic carbocycles. The van der Waals surface area contributed by atoms with E-state index in [0.717, 1.165) is 18.2 Å². The van der Waals surface area contributed by atoms with Crippen LogP contribution >= 0.6 is 0 Å². The van der Waals surface area contributed by atoms with Crippen molar-refractivity contribution in [1.82, 2.24) is 15.0 Å². The lowest BCUT2D eigenvalue weighted by molar-refractivity contribution is 0.541. The molecule has 1 N–H and O–H groups in total. The van der Waals surface area contributed by atoms with Crippen LogP contribution in [0.2, 0.25) is 0 Å². The number of aromatic nitrogens is 3. The van der Waals surface area contributed by atoms with E-state index in [9.17, 15) is 0 Å². The van der Waals surface area contributed by atoms with E-state index in [4.69, 9.17) is 6.42 Å². The Hall–Kier alpha value is -1.63. The highest BCUT2D eigenvalue weighted by molar-refractivity contribution is 5.30. The van der Waals surface area contributed by atoms with Crippen LogP contribution in [0.5, 0.6) is 0 Å². The van der Waals surface area contributed by atoms with E-state index in [1.807, 2.05) is 0 Å². The van der Waals surface area contributed by atoms with Gasteiger partial charge >= 0.3 is 0 Å². The average Bonchev–Trinajstić information content (AvgIpc) is 3.11. The van der Waals surface area contributed by atoms with Crippen molar-refractivity contribution in [1.29, 1.82) is 0 Å². The molecular weight excluding hydrogens is 224 g/mol. The predicted octanol–water partition coefficient (Wildman–Crippen LogP) is 2.38. The third kappa shape index (κ3) is 3.43. The molecule has 1 aromatic heterocycles. The molecular formula is C14H20N4. The monoisotopic (exact) mass is 244 g/mol. The SMILES string of the molecule is C#CC(CC1CC1)Nc1ncnc(C(C)(C)C)n1. The number of rotatable bonds is 4. The van der Waals surface area contributed by atoms with Crippen molar-refractivity contribution >= 4 is 5.95 Å². The number of anilines is 1. The molecule has 2 rings (SSSR count). The Labute approximate surface area is 109 Å². The maximum Gasteiger partial charge on any atom is 0.226 e. The summed E-state index contributed by atoms with van der Waals surface area (Å²) in [6.45, 7) is 6.24. The Balaban J connectivity index is 2.06. The summed E-state index contributed by atoms with van der Waals surface area (Å²) in [5, 5.41) is 3.21. The molecule has 4 heteroatoms. The Morgan fingerprint density at radius 1 is 1.44 bits per heavy atom. The van der Waals surface area contributed by atoms with Crippen LogP contribution in [0, 0.1) is 18.3 Å². The molecule has 96 valence electrons. The lowest BCUT2D eigenvalue weighted by Gasteiger charge is -2.18. The lowest BCUT2D eigenvalue weighted by Crippen LogP contribution is -2.22. The van der Waals surface area contributed by atoms with Crippen molar-refractivity contribution in [2.24, 2.45) is 5.92 Å². The Morgan fingerprint density at radius 3 is 2.72 bits per heavy atom. The molecule has 0 aliphatic heterocycles. The zero-order valence-corrected chi connectivity index (χ0v) is 11.3. The fourth-order valence-electron chi connectivity index (χ4n) is 1.74. The third-order valence-corrected chi connectivity index (χ3v) is 3.01. The second-order valence-corrected chi connectivity index (χ2v) is 5.93. The highest BCUT2D eigenvalue weighted by Gasteiger charge is 2.25. The van der Waals surface area contributed by atoms with E-state index in [-0.39, 0.29) is 11.5 Å². The van der Waals surface area contributed by atoms with Gasteiger partial charge in [-0.25, -0.2) is 9.97 Å². The standard InChI is InChI=1S/C14H20N4/c1-5-11(8-10-6-7-10)17-13-16-9-15-12(18-13)14(2,3)4/h1,9-11H,6-8H2,2-4H3,(H,15,16,17,18). The van der Waals surface area contributed by atoms with E-state index < -0.39 is 0 Å². The first kappa shape index (κ1) is 12.8. The summed E-state index contributed by atoms with van der Waals surface area (Å²) >= 11 is 0. The molecule has 1 heterocycles. The predicted molar refractivity (Wildman–Crippen MR) is 72.1 cm³/mol. The number of terminal acetylenes is 1. The van der Waals surface area contributed by atoms with Crippen LogP contribution in [0.3, 0.4) is 0 Å². The zero-order valence-electron chi connectivity index (χ0n) is 11.3. The molecule has 0 spiro atoms. The number of hydrogen-bond acceptors (Lipinski definition) is 4. The van der Waals surface area contributed by atoms with Gasteiger partial charge in [0.1, 0.15) is 12.2 Å². The molecule has 0 bridgehead atoms. The zero-order chi connectivity index (χ0) is 13.2. The van der Waals surface area contributed by atoms with Crippen molar-refractivity contribution in [2.75, 3.05) is 5.32 Å². The molecule has 4 nitrogen and oxygen atoms in total. The molecule has 0 amide bonds. The van der Waals surface area contributed by atoms with Gasteiger partial charge in [0.15, 0.2) is 0 Å². The maximum absolute atomic E-state index is 5.54. The highest BCUT2D eigenvalue weighted by Crippen LogP contribution is 2.33. The molecule has 0 saturated heterocycles. The maximum atomic E-state index is 5.54. The van der Waals surface area contributed by atoms with Crippen LogP contribution < -0.4 is 5.32 Å². The topological polar surface area (TPSA) is 50.7 Å². The van der Waals surface area contributed by atoms with Crippen LogP contribution in [0.1, 0.15) is 45.9 Å². The van der Waals surface area contributed by atoms with Crippen LogP contribution in [-0.4, -0.2) is 21.0 Å². The van der Waals surface area contributed by atoms with Gasteiger partial charge in [0, 0.05) is 5.41 Å². The molecule has 1 saturated carbocycles. The third-order valence-electron chi connectivity index (χ3n) is 3.01. The minimum Gasteiger partial charge on any atom is -0.340 e. The van der Waals surface area contributed by atoms with Crippen molar-refractivity contribution < 1.29 is 0 Å². The van der Waals surface area contributed by atoms with Crippen LogP contribution in [-0.2, 0) is 5.41 Å². The van der Waals surface area contributed by atoms with Crippen LogP contribution in [0.15, 0.2) is 6.33 Å². The van der Waals surface area contributed by atoms with Gasteiger partial charge in [-0.2, -0.15) is 4.98 Å². The van der Waals surface area contributed by atoms with Gasteiger partial charge in [-0.3, -0.25) is 0 Å². The Bertz CT molecular complexity index is 452. The molecule has 1 atom stereocenters. The van der Waals surface area contributed by atoms with E-state index in [1.165, 1.54) is 12.8 Å². The van der Waals surface area contributed by atoms with Gasteiger partial charge in [-0.1, -0.05) is 39.5 Å². The van der Waals surface area contributed by atoms with Crippen molar-refractivity contribution in [3.8, 4) is 12.3 Å². The van der Waals surface area contributed by atoms with Gasteiger partial charge in [0.05, 0.1) is 6.04 Å². The summed E-state index contributed by atoms with van der Waals surface area (Å²) in [5.74, 6) is 4.91. The van der Waals surface area contributed by atoms with Crippen LogP contribution in [0.4, 0.5) is 5.95 Å². The molecule has 1 aliphatic rings. The van der Waals surface area contributed by atoms with Gasteiger partial charge in [0.25, 0.3) is 0 Å². The Morgan fingerprint density at radius 2 is 2.17 bits per heavy atom. The van der Waals surface area contributed by atoms with E-state index in [0.29, 0.717) is 5.95 Å². The number of hydrogen-bond donors (Lipinski definition) is 1. The smallest absolute Gasteiger partial charge is 0.226 e. The second kappa shape index (κ2) is 4.93. The Kier molecular flexibility index (Phi) is 3.51. The lowest BCUT2D eigenvalue weighted by atomic mass is 9.96. The summed E-state index contributed by atoms with van der Waals surface area (Å²) in [5.41, 5.74) is -0.0818. The quantitative estimate of drug-likeness (QED) is 0.826. The van der Waals surface area contributed by atoms with Gasteiger partial charge in [-0.15, -0.1) is 6.42 Å². The minimum atomic E-state index is -0.0818. The summed E-state index contributed by atoms with van der Waals surface area (Å²) in [4.78, 5) is 12.8. The highest BCUT2D eigenvalue weighted by atomic mass is 15.2. The van der Waals surface area contributed by atoms with E-state index in [2.05, 4.69) is 47.0 Å². The van der Waals surface area contributed by atoms with Crippen molar-refractivity contribution in [3.63, 3.8) is 0 Å². The first-order valence-corrected chi connectivity index (χ1v) is 6.41. The van der Waals surface area contributed by atoms with E-state index in [1.54, 1.807) is 6.33 Å². The first-order valence-electron chi connectivity index (χ1n) is 6.41. The molecule has 1 aromatic rings. The fraction of sp³-hybridized carbons (Fsp3) is 0.643. The first-order chi connectivity index (χ1) is 8.49. The van der Waals surface area contributed by atoms with Crippen molar-refractivity contribution in [2.45, 2.75) is 51.5 Å². The van der Waals surface area contributed by atoms with Crippen molar-refractivity contribution in [3.05, 3.63) is 12.2 Å². The molecule has 0 radical (unpaired) electrons. The van der Waals surface area contributed by atoms with Crippen LogP contribution in [0.25, 0.3) is 0 Å². The van der Waals surface area contributed by atoms with Gasteiger partial charge in [0.2, 0.25) is 5.95 Å². The molecule has 1 unspecified atom stereocenters. The second-order valence-electron chi connectivity index (χ2n) is 5.93. The summed E-state index contributed by atoms with van der Waals surface area (Å²) in [6, 6.07) is 0.0210. The normalized spacial score (nSPS) is 17.0. The fourth-order valence-corrected chi connectivity index (χ4v) is 1.74. The summed E-state index contributed by atoms with van der Waals surface area (Å²) in [6.07, 6.45) is 10.7. The summed E-state index contributed by atoms with van der Waals surface area (Å²) in [7, 11) is 0. The molecule has 1 fully saturated rings. The molecule has 18 heavy (non-hydrogen) atoms. The number of nitrogens with zero attached hydrogens (tertiary/aromatic N) is 3. The summed E-state index contributed by atoms with van der Waals surface area (Å²) < 4.78 is 0. The largest absolute Gasteiger partial charge is 0.340 e. The van der Waals surface area contributed by atoms with Gasteiger partial charge in [-0.05, 0) is 12.3 Å².